The first-order chi connectivity index (χ1) is 17.0. The average Bonchev–Trinajstić information content (AvgIpc) is 3.34. The fourth-order valence-corrected chi connectivity index (χ4v) is 3.82. The maximum Gasteiger partial charge on any atom is 0.270 e. The molecule has 0 bridgehead atoms. The quantitative estimate of drug-likeness (QED) is 0.348. The lowest BCUT2D eigenvalue weighted by Gasteiger charge is -2.11. The summed E-state index contributed by atoms with van der Waals surface area (Å²) in [7, 11) is 4.81. The minimum absolute atomic E-state index is 0.234. The van der Waals surface area contributed by atoms with Crippen molar-refractivity contribution in [1.29, 1.82) is 0 Å². The van der Waals surface area contributed by atoms with Gasteiger partial charge < -0.3 is 19.5 Å². The molecule has 1 aromatic heterocycles. The number of hydrogen-bond donors (Lipinski definition) is 1. The molecule has 0 spiro atoms. The van der Waals surface area contributed by atoms with E-state index in [1.165, 1.54) is 0 Å². The normalized spacial score (nSPS) is 10.6. The van der Waals surface area contributed by atoms with Gasteiger partial charge in [0.1, 0.15) is 11.4 Å². The molecule has 0 radical (unpaired) electrons. The van der Waals surface area contributed by atoms with E-state index in [9.17, 15) is 4.79 Å². The molecule has 0 fully saturated rings. The van der Waals surface area contributed by atoms with Crippen LogP contribution >= 0.6 is 11.6 Å². The molecule has 1 heterocycles. The molecule has 7 nitrogen and oxygen atoms in total. The van der Waals surface area contributed by atoms with E-state index in [1.54, 1.807) is 44.2 Å². The lowest BCUT2D eigenvalue weighted by molar-refractivity contribution is 0.0946. The fourth-order valence-electron chi connectivity index (χ4n) is 3.69. The van der Waals surface area contributed by atoms with Gasteiger partial charge in [-0.3, -0.25) is 4.79 Å². The molecular weight excluding hydrogens is 466 g/mol. The van der Waals surface area contributed by atoms with Crippen LogP contribution in [0.5, 0.6) is 17.2 Å². The van der Waals surface area contributed by atoms with Crippen molar-refractivity contribution in [1.82, 2.24) is 15.1 Å². The van der Waals surface area contributed by atoms with Crippen LogP contribution in [-0.2, 0) is 6.42 Å². The summed E-state index contributed by atoms with van der Waals surface area (Å²) in [5.74, 6) is 1.80. The van der Waals surface area contributed by atoms with E-state index in [4.69, 9.17) is 30.9 Å². The highest BCUT2D eigenvalue weighted by molar-refractivity contribution is 6.30. The van der Waals surface area contributed by atoms with E-state index in [0.717, 1.165) is 16.8 Å². The summed E-state index contributed by atoms with van der Waals surface area (Å²) in [6, 6.07) is 22.2. The summed E-state index contributed by atoms with van der Waals surface area (Å²) in [4.78, 5) is 13.2. The lowest BCUT2D eigenvalue weighted by atomic mass is 10.1. The second kappa shape index (κ2) is 11.0. The molecule has 0 aliphatic heterocycles. The first kappa shape index (κ1) is 24.2. The Bertz CT molecular complexity index is 1320. The third kappa shape index (κ3) is 5.58. The molecule has 180 valence electrons. The molecule has 0 saturated carbocycles. The number of ether oxygens (including phenoxy) is 3. The van der Waals surface area contributed by atoms with Crippen LogP contribution in [0.25, 0.3) is 16.9 Å². The number of rotatable bonds is 9. The summed E-state index contributed by atoms with van der Waals surface area (Å²) in [6.45, 7) is 0.439. The zero-order chi connectivity index (χ0) is 24.8. The van der Waals surface area contributed by atoms with E-state index in [2.05, 4.69) is 5.32 Å². The predicted octanol–water partition coefficient (Wildman–Crippen LogP) is 5.19. The van der Waals surface area contributed by atoms with Crippen LogP contribution in [0.2, 0.25) is 5.02 Å². The second-order valence-electron chi connectivity index (χ2n) is 7.73. The number of hydrogen-bond acceptors (Lipinski definition) is 5. The molecule has 1 amide bonds. The highest BCUT2D eigenvalue weighted by Crippen LogP contribution is 2.28. The smallest absolute Gasteiger partial charge is 0.270 e. The highest BCUT2D eigenvalue weighted by Gasteiger charge is 2.18. The number of nitrogens with one attached hydrogen (secondary N) is 1. The average molecular weight is 492 g/mol. The van der Waals surface area contributed by atoms with Crippen LogP contribution in [0.3, 0.4) is 0 Å². The Balaban J connectivity index is 1.57. The van der Waals surface area contributed by atoms with Crippen molar-refractivity contribution in [3.8, 4) is 34.2 Å². The van der Waals surface area contributed by atoms with Crippen molar-refractivity contribution < 1.29 is 19.0 Å². The molecule has 35 heavy (non-hydrogen) atoms. The molecule has 0 atom stereocenters. The van der Waals surface area contributed by atoms with Crippen LogP contribution in [0.4, 0.5) is 0 Å². The molecular formula is C27H26ClN3O4. The number of benzene rings is 3. The Morgan fingerprint density at radius 1 is 0.914 bits per heavy atom. The number of carbonyl (C=O) groups excluding carboxylic acids is 1. The maximum atomic E-state index is 13.2. The van der Waals surface area contributed by atoms with Gasteiger partial charge in [-0.25, -0.2) is 4.68 Å². The number of nitrogens with zero attached hydrogens (tertiary/aromatic N) is 2. The molecule has 8 heteroatoms. The Kier molecular flexibility index (Phi) is 7.57. The SMILES string of the molecule is COc1cccc(-c2cc(C(=O)NCCc3ccc(OC)c(OC)c3)n(-c3ccc(Cl)cc3)n2)c1. The zero-order valence-corrected chi connectivity index (χ0v) is 20.5. The number of methoxy groups -OCH3 is 3. The van der Waals surface area contributed by atoms with E-state index in [0.29, 0.717) is 46.6 Å². The number of aromatic nitrogens is 2. The van der Waals surface area contributed by atoms with Crippen LogP contribution in [0.1, 0.15) is 16.1 Å². The van der Waals surface area contributed by atoms with Gasteiger partial charge in [0, 0.05) is 17.1 Å². The summed E-state index contributed by atoms with van der Waals surface area (Å²) in [6.07, 6.45) is 0.629. The monoisotopic (exact) mass is 491 g/mol. The molecule has 0 aliphatic carbocycles. The largest absolute Gasteiger partial charge is 0.497 e. The third-order valence-corrected chi connectivity index (χ3v) is 5.78. The van der Waals surface area contributed by atoms with Gasteiger partial charge in [-0.05, 0) is 66.6 Å². The molecule has 0 saturated heterocycles. The fraction of sp³-hybridized carbons (Fsp3) is 0.185. The van der Waals surface area contributed by atoms with Gasteiger partial charge in [0.2, 0.25) is 0 Å². The minimum atomic E-state index is -0.234. The van der Waals surface area contributed by atoms with Gasteiger partial charge in [-0.2, -0.15) is 5.10 Å². The zero-order valence-electron chi connectivity index (χ0n) is 19.7. The summed E-state index contributed by atoms with van der Waals surface area (Å²) in [5.41, 5.74) is 3.66. The Morgan fingerprint density at radius 2 is 1.69 bits per heavy atom. The van der Waals surface area contributed by atoms with Crippen molar-refractivity contribution in [3.63, 3.8) is 0 Å². The highest BCUT2D eigenvalue weighted by atomic mass is 35.5. The minimum Gasteiger partial charge on any atom is -0.497 e. The molecule has 4 aromatic rings. The summed E-state index contributed by atoms with van der Waals surface area (Å²) < 4.78 is 17.6. The van der Waals surface area contributed by atoms with E-state index >= 15 is 0 Å². The van der Waals surface area contributed by atoms with Crippen LogP contribution in [-0.4, -0.2) is 43.6 Å². The summed E-state index contributed by atoms with van der Waals surface area (Å²) >= 11 is 6.06. The Morgan fingerprint density at radius 3 is 2.40 bits per heavy atom. The van der Waals surface area contributed by atoms with Crippen LogP contribution < -0.4 is 19.5 Å². The van der Waals surface area contributed by atoms with Gasteiger partial charge >= 0.3 is 0 Å². The van der Waals surface area contributed by atoms with Gasteiger partial charge in [-0.15, -0.1) is 0 Å². The van der Waals surface area contributed by atoms with E-state index < -0.39 is 0 Å². The third-order valence-electron chi connectivity index (χ3n) is 5.53. The lowest BCUT2D eigenvalue weighted by Crippen LogP contribution is -2.27. The molecule has 0 aliphatic rings. The van der Waals surface area contributed by atoms with Crippen molar-refractivity contribution >= 4 is 17.5 Å². The summed E-state index contributed by atoms with van der Waals surface area (Å²) in [5, 5.41) is 8.32. The van der Waals surface area contributed by atoms with Gasteiger partial charge in [-0.1, -0.05) is 29.8 Å². The van der Waals surface area contributed by atoms with Crippen molar-refractivity contribution in [3.05, 3.63) is 89.1 Å². The Hall–Kier alpha value is -3.97. The number of halogens is 1. The van der Waals surface area contributed by atoms with Crippen molar-refractivity contribution in [2.24, 2.45) is 0 Å². The van der Waals surface area contributed by atoms with Crippen molar-refractivity contribution in [2.75, 3.05) is 27.9 Å². The number of carbonyl (C=O) groups is 1. The second-order valence-corrected chi connectivity index (χ2v) is 8.17. The van der Waals surface area contributed by atoms with Crippen LogP contribution in [0, 0.1) is 0 Å². The molecule has 4 rings (SSSR count). The first-order valence-corrected chi connectivity index (χ1v) is 11.4. The van der Waals surface area contributed by atoms with E-state index in [1.807, 2.05) is 54.6 Å². The van der Waals surface area contributed by atoms with Crippen molar-refractivity contribution in [2.45, 2.75) is 6.42 Å². The first-order valence-electron chi connectivity index (χ1n) is 11.0. The van der Waals surface area contributed by atoms with Crippen LogP contribution in [0.15, 0.2) is 72.8 Å². The van der Waals surface area contributed by atoms with E-state index in [-0.39, 0.29) is 5.91 Å². The standard InChI is InChI=1S/C27H26ClN3O4/c1-33-22-6-4-5-19(16-22)23-17-24(31(30-23)21-10-8-20(28)9-11-21)27(32)29-14-13-18-7-12-25(34-2)26(15-18)35-3/h4-12,15-17H,13-14H2,1-3H3,(H,29,32). The number of amides is 1. The predicted molar refractivity (Wildman–Crippen MR) is 136 cm³/mol. The Labute approximate surface area is 209 Å². The topological polar surface area (TPSA) is 74.6 Å². The molecule has 1 N–H and O–H groups in total. The molecule has 0 unspecified atom stereocenters. The van der Waals surface area contributed by atoms with Gasteiger partial charge in [0.25, 0.3) is 5.91 Å². The molecule has 3 aromatic carbocycles. The maximum absolute atomic E-state index is 13.2. The van der Waals surface area contributed by atoms with Gasteiger partial charge in [0.05, 0.1) is 32.7 Å². The van der Waals surface area contributed by atoms with Gasteiger partial charge in [0.15, 0.2) is 11.5 Å².